The van der Waals surface area contributed by atoms with Gasteiger partial charge >= 0.3 is 0 Å². The van der Waals surface area contributed by atoms with Gasteiger partial charge < -0.3 is 31.6 Å². The van der Waals surface area contributed by atoms with Gasteiger partial charge in [-0.15, -0.1) is 48.0 Å². The molecule has 0 spiro atoms. The van der Waals surface area contributed by atoms with E-state index in [4.69, 9.17) is 45.9 Å². The lowest BCUT2D eigenvalue weighted by molar-refractivity contribution is -0.116. The largest absolute Gasteiger partial charge is 0.370 e. The summed E-state index contributed by atoms with van der Waals surface area (Å²) in [5, 5.41) is 16.1. The number of guanidine groups is 1. The number of anilines is 3. The van der Waals surface area contributed by atoms with E-state index in [0.29, 0.717) is 71.1 Å². The molecule has 0 aliphatic heterocycles. The Labute approximate surface area is 282 Å². The summed E-state index contributed by atoms with van der Waals surface area (Å²) in [6.07, 6.45) is 0.835. The van der Waals surface area contributed by atoms with Gasteiger partial charge in [0.1, 0.15) is 5.82 Å². The lowest BCUT2D eigenvalue weighted by Crippen LogP contribution is -2.31. The van der Waals surface area contributed by atoms with Crippen LogP contribution in [0, 0.1) is 5.41 Å². The number of fused-ring (bicyclic) bond motifs is 1. The molecule has 1 aromatic heterocycles. The lowest BCUT2D eigenvalue weighted by Gasteiger charge is -2.24. The van der Waals surface area contributed by atoms with Crippen molar-refractivity contribution in [2.45, 2.75) is 12.8 Å². The van der Waals surface area contributed by atoms with Crippen LogP contribution in [0.5, 0.6) is 0 Å². The van der Waals surface area contributed by atoms with Gasteiger partial charge in [0.25, 0.3) is 5.91 Å². The highest BCUT2D eigenvalue weighted by molar-refractivity contribution is 6.33. The Morgan fingerprint density at radius 3 is 2.36 bits per heavy atom. The van der Waals surface area contributed by atoms with E-state index in [0.717, 1.165) is 16.8 Å². The zero-order valence-electron chi connectivity index (χ0n) is 23.5. The Kier molecular flexibility index (Phi) is 14.9. The summed E-state index contributed by atoms with van der Waals surface area (Å²) in [6, 6.07) is 17.9. The molecule has 0 fully saturated rings. The first-order valence-corrected chi connectivity index (χ1v) is 14.7. The second-order valence-electron chi connectivity index (χ2n) is 9.38. The normalized spacial score (nSPS) is 10.3. The predicted octanol–water partition coefficient (Wildman–Crippen LogP) is 6.46. The van der Waals surface area contributed by atoms with Crippen molar-refractivity contribution in [3.05, 3.63) is 71.2 Å². The van der Waals surface area contributed by atoms with Crippen LogP contribution in [0.15, 0.2) is 60.7 Å². The summed E-state index contributed by atoms with van der Waals surface area (Å²) in [5.74, 6) is 0.916. The molecule has 1 heterocycles. The Balaban J connectivity index is 0.00000337. The summed E-state index contributed by atoms with van der Waals surface area (Å²) in [6.45, 7) is 1.65. The molecule has 0 radical (unpaired) electrons. The van der Waals surface area contributed by atoms with Crippen LogP contribution in [0.3, 0.4) is 0 Å². The number of alkyl halides is 2. The fourth-order valence-corrected chi connectivity index (χ4v) is 5.03. The van der Waals surface area contributed by atoms with E-state index in [1.165, 1.54) is 0 Å². The Morgan fingerprint density at radius 1 is 0.955 bits per heavy atom. The highest BCUT2D eigenvalue weighted by atomic mass is 35.5. The molecule has 4 aromatic rings. The topological polar surface area (TPSA) is 152 Å². The van der Waals surface area contributed by atoms with Crippen LogP contribution in [0.1, 0.15) is 23.2 Å². The van der Waals surface area contributed by atoms with Gasteiger partial charge in [-0.3, -0.25) is 15.0 Å². The van der Waals surface area contributed by atoms with Crippen molar-refractivity contribution >= 4 is 105 Å². The van der Waals surface area contributed by atoms with Gasteiger partial charge in [0.05, 0.1) is 21.7 Å². The maximum Gasteiger partial charge on any atom is 0.255 e. The van der Waals surface area contributed by atoms with Gasteiger partial charge in [-0.1, -0.05) is 23.7 Å². The smallest absolute Gasteiger partial charge is 0.255 e. The fourth-order valence-electron chi connectivity index (χ4n) is 4.32. The van der Waals surface area contributed by atoms with Crippen molar-refractivity contribution in [3.8, 4) is 11.4 Å². The molecule has 0 aliphatic rings. The number of nitrogens with one attached hydrogen (secondary N) is 5. The number of hydrogen-bond donors (Lipinski definition) is 6. The minimum Gasteiger partial charge on any atom is -0.370 e. The second-order valence-corrected chi connectivity index (χ2v) is 10.5. The number of amides is 2. The third-order valence-corrected chi connectivity index (χ3v) is 6.96. The number of halogens is 5. The van der Waals surface area contributed by atoms with Crippen LogP contribution < -0.4 is 26.6 Å². The number of H-pyrrole nitrogens is 1. The molecule has 15 heteroatoms. The van der Waals surface area contributed by atoms with Gasteiger partial charge in [0.2, 0.25) is 5.91 Å². The van der Waals surface area contributed by atoms with E-state index >= 15 is 0 Å². The van der Waals surface area contributed by atoms with E-state index in [1.54, 1.807) is 36.4 Å². The van der Waals surface area contributed by atoms with E-state index in [-0.39, 0.29) is 49.0 Å². The minimum atomic E-state index is -0.299. The van der Waals surface area contributed by atoms with E-state index < -0.39 is 0 Å². The van der Waals surface area contributed by atoms with Crippen LogP contribution >= 0.6 is 59.6 Å². The molecule has 0 bridgehead atoms. The first-order valence-electron chi connectivity index (χ1n) is 13.2. The predicted molar refractivity (Wildman–Crippen MR) is 187 cm³/mol. The summed E-state index contributed by atoms with van der Waals surface area (Å²) in [7, 11) is 0. The number of carbonyl (C=O) groups is 2. The Bertz CT molecular complexity index is 1580. The number of nitrogens with two attached hydrogens (primary N) is 1. The molecule has 3 aromatic carbocycles. The molecule has 7 N–H and O–H groups in total. The number of carbonyl (C=O) groups excluding carboxylic acids is 2. The molecule has 2 amide bonds. The SMILES string of the molecule is Cl.Cl.N=C(N)NCCCC(=O)Nc1cccc(-c2nc3cc(C(=O)Nc4ccc(N(CCCl)CCCl)c(Cl)c4)ccc3[nH]2)c1. The maximum atomic E-state index is 13.0. The molecule has 0 unspecified atom stereocenters. The Hall–Kier alpha value is -3.41. The van der Waals surface area contributed by atoms with Crippen molar-refractivity contribution in [3.63, 3.8) is 0 Å². The molecule has 0 aliphatic carbocycles. The number of aromatic amines is 1. The number of hydrogen-bond acceptors (Lipinski definition) is 5. The van der Waals surface area contributed by atoms with Crippen LogP contribution in [-0.4, -0.2) is 59.1 Å². The molecule has 4 rings (SSSR count). The zero-order valence-corrected chi connectivity index (χ0v) is 27.4. The summed E-state index contributed by atoms with van der Waals surface area (Å²) < 4.78 is 0. The molecule has 0 saturated carbocycles. The first kappa shape index (κ1) is 36.8. The van der Waals surface area contributed by atoms with Crippen LogP contribution in [0.25, 0.3) is 22.4 Å². The van der Waals surface area contributed by atoms with E-state index in [1.807, 2.05) is 29.2 Å². The summed E-state index contributed by atoms with van der Waals surface area (Å²) >= 11 is 18.3. The van der Waals surface area contributed by atoms with Gasteiger partial charge in [-0.25, -0.2) is 4.98 Å². The van der Waals surface area contributed by atoms with E-state index in [9.17, 15) is 9.59 Å². The van der Waals surface area contributed by atoms with Crippen molar-refractivity contribution in [2.24, 2.45) is 5.73 Å². The third-order valence-electron chi connectivity index (χ3n) is 6.32. The highest BCUT2D eigenvalue weighted by Gasteiger charge is 2.14. The number of benzene rings is 3. The number of nitrogens with zero attached hydrogens (tertiary/aromatic N) is 2. The van der Waals surface area contributed by atoms with Crippen LogP contribution in [0.2, 0.25) is 5.02 Å². The molecular weight excluding hydrogens is 670 g/mol. The summed E-state index contributed by atoms with van der Waals surface area (Å²) in [5.41, 5.74) is 9.84. The Morgan fingerprint density at radius 2 is 1.68 bits per heavy atom. The molecule has 0 saturated heterocycles. The third kappa shape index (κ3) is 10.1. The molecule has 10 nitrogen and oxygen atoms in total. The molecular formula is C29H33Cl5N8O2. The average Bonchev–Trinajstić information content (AvgIpc) is 3.39. The standard InChI is InChI=1S/C29H31Cl3N8O2.2ClH/c30-10-13-40(14-11-31)25-9-7-21(17-22(25)32)37-28(42)19-6-8-23-24(16-19)39-27(38-23)18-3-1-4-20(15-18)36-26(41)5-2-12-35-29(33)34;;/h1,3-4,6-9,15-17H,2,5,10-14H2,(H,36,41)(H,37,42)(H,38,39)(H4,33,34,35);2*1H. The molecule has 0 atom stereocenters. The van der Waals surface area contributed by atoms with Crippen molar-refractivity contribution in [1.82, 2.24) is 15.3 Å². The minimum absolute atomic E-state index is 0. The average molecular weight is 703 g/mol. The lowest BCUT2D eigenvalue weighted by atomic mass is 10.1. The van der Waals surface area contributed by atoms with E-state index in [2.05, 4.69) is 25.9 Å². The molecule has 236 valence electrons. The van der Waals surface area contributed by atoms with Crippen LogP contribution in [-0.2, 0) is 4.79 Å². The van der Waals surface area contributed by atoms with Gasteiger partial charge in [0.15, 0.2) is 5.96 Å². The van der Waals surface area contributed by atoms with Crippen molar-refractivity contribution < 1.29 is 9.59 Å². The maximum absolute atomic E-state index is 13.0. The monoisotopic (exact) mass is 700 g/mol. The molecule has 44 heavy (non-hydrogen) atoms. The van der Waals surface area contributed by atoms with Gasteiger partial charge in [-0.05, 0) is 55.0 Å². The number of rotatable bonds is 13. The number of aromatic nitrogens is 2. The summed E-state index contributed by atoms with van der Waals surface area (Å²) in [4.78, 5) is 35.3. The van der Waals surface area contributed by atoms with Crippen molar-refractivity contribution in [2.75, 3.05) is 46.9 Å². The van der Waals surface area contributed by atoms with Gasteiger partial charge in [0, 0.05) is 60.3 Å². The van der Waals surface area contributed by atoms with Crippen molar-refractivity contribution in [1.29, 1.82) is 5.41 Å². The number of imidazole rings is 1. The highest BCUT2D eigenvalue weighted by Crippen LogP contribution is 2.30. The fraction of sp³-hybridized carbons (Fsp3) is 0.241. The quantitative estimate of drug-likeness (QED) is 0.0407. The zero-order chi connectivity index (χ0) is 30.1. The van der Waals surface area contributed by atoms with Crippen LogP contribution in [0.4, 0.5) is 17.1 Å². The second kappa shape index (κ2) is 17.8. The van der Waals surface area contributed by atoms with Gasteiger partial charge in [-0.2, -0.15) is 0 Å². The first-order chi connectivity index (χ1) is 20.3.